The second-order valence-corrected chi connectivity index (χ2v) is 7.69. The van der Waals surface area contributed by atoms with Crippen molar-refractivity contribution in [1.82, 2.24) is 15.1 Å². The highest BCUT2D eigenvalue weighted by Crippen LogP contribution is 2.23. The number of piperidine rings is 2. The third-order valence-electron chi connectivity index (χ3n) is 5.81. The van der Waals surface area contributed by atoms with E-state index in [1.165, 1.54) is 12.1 Å². The Balaban J connectivity index is 1.46. The number of nitrogens with zero attached hydrogens (tertiary/aromatic N) is 3. The van der Waals surface area contributed by atoms with Crippen molar-refractivity contribution >= 4 is 17.6 Å². The van der Waals surface area contributed by atoms with E-state index in [1.54, 1.807) is 18.9 Å². The lowest BCUT2D eigenvalue weighted by atomic mass is 10.0. The Morgan fingerprint density at radius 2 is 1.57 bits per heavy atom. The number of amides is 3. The Morgan fingerprint density at radius 3 is 2.11 bits per heavy atom. The highest BCUT2D eigenvalue weighted by molar-refractivity contribution is 5.75. The van der Waals surface area contributed by atoms with Gasteiger partial charge in [-0.2, -0.15) is 0 Å². The average molecular weight is 394 g/mol. The predicted octanol–water partition coefficient (Wildman–Crippen LogP) is 2.59. The van der Waals surface area contributed by atoms with Crippen molar-refractivity contribution in [2.45, 2.75) is 44.7 Å². The maximum absolute atomic E-state index is 13.4. The molecule has 0 radical (unpaired) electrons. The van der Waals surface area contributed by atoms with Gasteiger partial charge >= 0.3 is 6.03 Å². The van der Waals surface area contributed by atoms with Crippen molar-refractivity contribution < 1.29 is 18.4 Å². The lowest BCUT2D eigenvalue weighted by molar-refractivity contribution is -0.130. The Morgan fingerprint density at radius 1 is 1.00 bits per heavy atom. The normalized spacial score (nSPS) is 18.9. The van der Waals surface area contributed by atoms with E-state index in [0.717, 1.165) is 31.7 Å². The number of rotatable bonds is 3. The van der Waals surface area contributed by atoms with E-state index < -0.39 is 11.6 Å². The third-order valence-corrected chi connectivity index (χ3v) is 5.81. The van der Waals surface area contributed by atoms with Gasteiger partial charge in [-0.05, 0) is 37.8 Å². The van der Waals surface area contributed by atoms with Crippen LogP contribution in [0.5, 0.6) is 0 Å². The second-order valence-electron chi connectivity index (χ2n) is 7.69. The van der Waals surface area contributed by atoms with Crippen LogP contribution in [0.15, 0.2) is 18.2 Å². The molecule has 0 atom stereocenters. The molecule has 3 amide bonds. The standard InChI is InChI=1S/C20H28F2N4O2/c1-14(27)25-9-5-18(6-10-25)24(2)20(28)23-17-3-7-26(8-4-17)19-12-15(21)11-16(22)13-19/h11-13,17-18H,3-10H2,1-2H3,(H,23,28). The van der Waals surface area contributed by atoms with Crippen molar-refractivity contribution in [3.05, 3.63) is 29.8 Å². The molecule has 0 saturated carbocycles. The van der Waals surface area contributed by atoms with Gasteiger partial charge in [-0.1, -0.05) is 0 Å². The van der Waals surface area contributed by atoms with Crippen LogP contribution in [0.3, 0.4) is 0 Å². The van der Waals surface area contributed by atoms with Crippen LogP contribution in [0, 0.1) is 11.6 Å². The first-order valence-electron chi connectivity index (χ1n) is 9.83. The zero-order valence-corrected chi connectivity index (χ0v) is 16.5. The second kappa shape index (κ2) is 8.75. The van der Waals surface area contributed by atoms with Crippen molar-refractivity contribution in [1.29, 1.82) is 0 Å². The highest BCUT2D eigenvalue weighted by atomic mass is 19.1. The number of carbonyl (C=O) groups excluding carboxylic acids is 2. The molecule has 154 valence electrons. The summed E-state index contributed by atoms with van der Waals surface area (Å²) >= 11 is 0. The van der Waals surface area contributed by atoms with Gasteiger partial charge in [0.05, 0.1) is 0 Å². The molecule has 3 rings (SSSR count). The van der Waals surface area contributed by atoms with Crippen molar-refractivity contribution in [2.75, 3.05) is 38.1 Å². The molecule has 6 nitrogen and oxygen atoms in total. The van der Waals surface area contributed by atoms with Gasteiger partial charge in [-0.25, -0.2) is 13.6 Å². The summed E-state index contributed by atoms with van der Waals surface area (Å²) < 4.78 is 26.8. The molecule has 0 aromatic heterocycles. The first kappa shape index (κ1) is 20.4. The number of halogens is 2. The Bertz CT molecular complexity index is 694. The maximum Gasteiger partial charge on any atom is 0.317 e. The van der Waals surface area contributed by atoms with E-state index in [1.807, 2.05) is 9.80 Å². The lowest BCUT2D eigenvalue weighted by Gasteiger charge is -2.38. The third kappa shape index (κ3) is 4.91. The van der Waals surface area contributed by atoms with Crippen LogP contribution in [0.4, 0.5) is 19.3 Å². The minimum absolute atomic E-state index is 0.0434. The van der Waals surface area contributed by atoms with Crippen molar-refractivity contribution in [3.8, 4) is 0 Å². The van der Waals surface area contributed by atoms with Crippen LogP contribution in [0.1, 0.15) is 32.6 Å². The molecule has 0 spiro atoms. The molecule has 1 aromatic rings. The number of anilines is 1. The molecule has 2 saturated heterocycles. The zero-order valence-electron chi connectivity index (χ0n) is 16.5. The summed E-state index contributed by atoms with van der Waals surface area (Å²) in [6.07, 6.45) is 3.02. The number of hydrogen-bond acceptors (Lipinski definition) is 3. The van der Waals surface area contributed by atoms with Crippen molar-refractivity contribution in [3.63, 3.8) is 0 Å². The van der Waals surface area contributed by atoms with Gasteiger partial charge in [0.25, 0.3) is 0 Å². The molecule has 2 heterocycles. The predicted molar refractivity (Wildman–Crippen MR) is 103 cm³/mol. The molecule has 0 unspecified atom stereocenters. The largest absolute Gasteiger partial charge is 0.371 e. The monoisotopic (exact) mass is 394 g/mol. The summed E-state index contributed by atoms with van der Waals surface area (Å²) in [4.78, 5) is 29.5. The Hall–Kier alpha value is -2.38. The van der Waals surface area contributed by atoms with E-state index in [0.29, 0.717) is 31.9 Å². The van der Waals surface area contributed by atoms with E-state index in [9.17, 15) is 18.4 Å². The summed E-state index contributed by atoms with van der Waals surface area (Å²) in [6, 6.07) is 3.61. The fourth-order valence-electron chi connectivity index (χ4n) is 4.01. The van der Waals surface area contributed by atoms with Gasteiger partial charge in [0.15, 0.2) is 0 Å². The molecule has 2 aliphatic heterocycles. The Labute approximate surface area is 164 Å². The maximum atomic E-state index is 13.4. The van der Waals surface area contributed by atoms with E-state index in [2.05, 4.69) is 5.32 Å². The van der Waals surface area contributed by atoms with Gasteiger partial charge in [0.2, 0.25) is 5.91 Å². The van der Waals surface area contributed by atoms with E-state index in [-0.39, 0.29) is 24.0 Å². The molecular formula is C20H28F2N4O2. The summed E-state index contributed by atoms with van der Waals surface area (Å²) in [5, 5.41) is 3.08. The lowest BCUT2D eigenvalue weighted by Crippen LogP contribution is -2.53. The summed E-state index contributed by atoms with van der Waals surface area (Å²) in [6.45, 7) is 4.20. The summed E-state index contributed by atoms with van der Waals surface area (Å²) in [7, 11) is 1.80. The highest BCUT2D eigenvalue weighted by Gasteiger charge is 2.28. The van der Waals surface area contributed by atoms with Crippen LogP contribution >= 0.6 is 0 Å². The van der Waals surface area contributed by atoms with Gasteiger partial charge in [0, 0.05) is 64.0 Å². The first-order valence-corrected chi connectivity index (χ1v) is 9.83. The van der Waals surface area contributed by atoms with Crippen LogP contribution in [0.25, 0.3) is 0 Å². The quantitative estimate of drug-likeness (QED) is 0.857. The average Bonchev–Trinajstić information content (AvgIpc) is 2.67. The van der Waals surface area contributed by atoms with Crippen LogP contribution in [-0.2, 0) is 4.79 Å². The molecule has 2 aliphatic rings. The van der Waals surface area contributed by atoms with Gasteiger partial charge < -0.3 is 20.0 Å². The minimum Gasteiger partial charge on any atom is -0.371 e. The van der Waals surface area contributed by atoms with Crippen LogP contribution < -0.4 is 10.2 Å². The van der Waals surface area contributed by atoms with Gasteiger partial charge in [-0.3, -0.25) is 4.79 Å². The van der Waals surface area contributed by atoms with E-state index in [4.69, 9.17) is 0 Å². The first-order chi connectivity index (χ1) is 13.3. The van der Waals surface area contributed by atoms with Gasteiger partial charge in [0.1, 0.15) is 11.6 Å². The molecule has 2 fully saturated rings. The number of likely N-dealkylation sites (tertiary alicyclic amines) is 1. The van der Waals surface area contributed by atoms with Crippen LogP contribution in [0.2, 0.25) is 0 Å². The zero-order chi connectivity index (χ0) is 20.3. The molecular weight excluding hydrogens is 366 g/mol. The number of nitrogens with one attached hydrogen (secondary N) is 1. The van der Waals surface area contributed by atoms with E-state index >= 15 is 0 Å². The molecule has 0 aliphatic carbocycles. The smallest absolute Gasteiger partial charge is 0.317 e. The summed E-state index contributed by atoms with van der Waals surface area (Å²) in [5.74, 6) is -1.08. The molecule has 8 heteroatoms. The Kier molecular flexibility index (Phi) is 6.36. The summed E-state index contributed by atoms with van der Waals surface area (Å²) in [5.41, 5.74) is 0.539. The topological polar surface area (TPSA) is 55.9 Å². The minimum atomic E-state index is -0.581. The number of carbonyl (C=O) groups is 2. The molecule has 28 heavy (non-hydrogen) atoms. The van der Waals surface area contributed by atoms with Gasteiger partial charge in [-0.15, -0.1) is 0 Å². The molecule has 1 N–H and O–H groups in total. The SMILES string of the molecule is CC(=O)N1CCC(N(C)C(=O)NC2CCN(c3cc(F)cc(F)c3)CC2)CC1. The number of benzene rings is 1. The fourth-order valence-corrected chi connectivity index (χ4v) is 4.01. The fraction of sp³-hybridized carbons (Fsp3) is 0.600. The van der Waals surface area contributed by atoms with Crippen molar-refractivity contribution in [2.24, 2.45) is 0 Å². The number of hydrogen-bond donors (Lipinski definition) is 1. The molecule has 0 bridgehead atoms. The van der Waals surface area contributed by atoms with Crippen LogP contribution in [-0.4, -0.2) is 67.0 Å². The molecule has 1 aromatic carbocycles. The number of urea groups is 1.